The number of fused-ring (bicyclic) bond motifs is 1. The lowest BCUT2D eigenvalue weighted by Crippen LogP contribution is -2.52. The van der Waals surface area contributed by atoms with E-state index >= 15 is 0 Å². The average molecular weight is 904 g/mol. The maximum atomic E-state index is 13.7. The standard InChI is InChI=1S/C48H59ClN12O4/c1-32-35(11-15-50)7-6-8-38(32)33(2)52-45-39-30-43(51-31-40(39)34(3)54-55-45)58-25-27-60(28-26-58)46(63)36-12-18-56(19-13-36)16-4-5-17-57-21-23-59(24-22-57)47(64)37-9-10-41(49)42(29-37)61-20-14-44(62)53-48(61)65/h6-10,29-31,33,36H,4-5,11-14,16-28H2,1-3H3,(H,52,55)(H,53,62,65)/t33-/m1/s1. The molecular formula is C48H59ClN12O4. The number of piperidine rings is 1. The van der Waals surface area contributed by atoms with Gasteiger partial charge in [-0.2, -0.15) is 10.4 Å². The molecule has 4 aliphatic rings. The summed E-state index contributed by atoms with van der Waals surface area (Å²) in [6.45, 7) is 15.8. The number of likely N-dealkylation sites (tertiary alicyclic amines) is 1. The summed E-state index contributed by atoms with van der Waals surface area (Å²) in [6.07, 6.45) is 6.37. The Labute approximate surface area is 385 Å². The quantitative estimate of drug-likeness (QED) is 0.160. The van der Waals surface area contributed by atoms with Gasteiger partial charge in [0, 0.05) is 93.8 Å². The molecule has 0 bridgehead atoms. The van der Waals surface area contributed by atoms with Crippen molar-refractivity contribution in [2.24, 2.45) is 5.92 Å². The molecule has 0 spiro atoms. The molecule has 5 amide bonds. The molecule has 8 rings (SSSR count). The number of benzene rings is 2. The zero-order valence-electron chi connectivity index (χ0n) is 37.7. The summed E-state index contributed by atoms with van der Waals surface area (Å²) in [6, 6.07) is 14.8. The predicted octanol–water partition coefficient (Wildman–Crippen LogP) is 5.58. The van der Waals surface area contributed by atoms with Gasteiger partial charge >= 0.3 is 6.03 Å². The van der Waals surface area contributed by atoms with E-state index in [9.17, 15) is 24.4 Å². The second-order valence-electron chi connectivity index (χ2n) is 17.7. The molecule has 2 aromatic heterocycles. The number of imide groups is 1. The minimum absolute atomic E-state index is 0.0552. The maximum absolute atomic E-state index is 13.7. The summed E-state index contributed by atoms with van der Waals surface area (Å²) in [5.41, 5.74) is 4.96. The van der Waals surface area contributed by atoms with Gasteiger partial charge in [-0.3, -0.25) is 29.5 Å². The van der Waals surface area contributed by atoms with E-state index in [1.54, 1.807) is 18.2 Å². The van der Waals surface area contributed by atoms with E-state index in [4.69, 9.17) is 16.6 Å². The summed E-state index contributed by atoms with van der Waals surface area (Å²) in [7, 11) is 0. The molecule has 2 aromatic carbocycles. The zero-order valence-corrected chi connectivity index (χ0v) is 38.4. The number of carbonyl (C=O) groups is 4. The second-order valence-corrected chi connectivity index (χ2v) is 18.2. The Hall–Kier alpha value is -5.89. The van der Waals surface area contributed by atoms with Crippen LogP contribution in [0.2, 0.25) is 5.02 Å². The number of halogens is 1. The molecule has 0 saturated carbocycles. The molecule has 4 aromatic rings. The number of unbranched alkanes of at least 4 members (excludes halogenated alkanes) is 1. The van der Waals surface area contributed by atoms with Gasteiger partial charge in [-0.1, -0.05) is 29.8 Å². The lowest BCUT2D eigenvalue weighted by molar-refractivity contribution is -0.137. The molecule has 1 atom stereocenters. The molecule has 342 valence electrons. The summed E-state index contributed by atoms with van der Waals surface area (Å²) >= 11 is 6.40. The number of carbonyl (C=O) groups excluding carboxylic acids is 4. The van der Waals surface area contributed by atoms with Crippen molar-refractivity contribution in [2.45, 2.75) is 65.3 Å². The van der Waals surface area contributed by atoms with Crippen molar-refractivity contribution in [1.82, 2.24) is 40.1 Å². The van der Waals surface area contributed by atoms with E-state index < -0.39 is 6.03 Å². The fourth-order valence-corrected chi connectivity index (χ4v) is 9.88. The van der Waals surface area contributed by atoms with Crippen LogP contribution in [0.25, 0.3) is 10.8 Å². The van der Waals surface area contributed by atoms with Crippen LogP contribution in [0.4, 0.5) is 22.1 Å². The van der Waals surface area contributed by atoms with Crippen LogP contribution in [0.3, 0.4) is 0 Å². The number of amides is 5. The number of hydrogen-bond acceptors (Lipinski definition) is 12. The molecule has 65 heavy (non-hydrogen) atoms. The highest BCUT2D eigenvalue weighted by molar-refractivity contribution is 6.34. The van der Waals surface area contributed by atoms with Crippen molar-refractivity contribution in [3.8, 4) is 6.07 Å². The van der Waals surface area contributed by atoms with Crippen molar-refractivity contribution >= 4 is 63.4 Å². The summed E-state index contributed by atoms with van der Waals surface area (Å²) < 4.78 is 0. The molecule has 6 heterocycles. The van der Waals surface area contributed by atoms with Gasteiger partial charge in [-0.15, -0.1) is 5.10 Å². The number of nitrogens with zero attached hydrogens (tertiary/aromatic N) is 10. The highest BCUT2D eigenvalue weighted by Gasteiger charge is 2.32. The van der Waals surface area contributed by atoms with Crippen LogP contribution in [0, 0.1) is 31.1 Å². The number of aromatic nitrogens is 3. The Balaban J connectivity index is 0.746. The number of anilines is 3. The van der Waals surface area contributed by atoms with Crippen LogP contribution in [-0.2, 0) is 16.0 Å². The largest absolute Gasteiger partial charge is 0.362 e. The minimum Gasteiger partial charge on any atom is -0.362 e. The third-order valence-corrected chi connectivity index (χ3v) is 14.0. The van der Waals surface area contributed by atoms with Crippen molar-refractivity contribution < 1.29 is 19.2 Å². The van der Waals surface area contributed by atoms with Crippen molar-refractivity contribution in [3.63, 3.8) is 0 Å². The van der Waals surface area contributed by atoms with E-state index in [0.717, 1.165) is 104 Å². The number of rotatable bonds is 13. The van der Waals surface area contributed by atoms with E-state index in [0.29, 0.717) is 67.8 Å². The summed E-state index contributed by atoms with van der Waals surface area (Å²) in [5, 5.41) is 26.4. The lowest BCUT2D eigenvalue weighted by Gasteiger charge is -2.39. The second kappa shape index (κ2) is 20.5. The monoisotopic (exact) mass is 902 g/mol. The van der Waals surface area contributed by atoms with Crippen molar-refractivity contribution in [3.05, 3.63) is 81.6 Å². The molecule has 16 nitrogen and oxygen atoms in total. The van der Waals surface area contributed by atoms with Crippen LogP contribution in [0.1, 0.15) is 77.8 Å². The molecular weight excluding hydrogens is 844 g/mol. The van der Waals surface area contributed by atoms with E-state index in [-0.39, 0.29) is 42.6 Å². The number of aryl methyl sites for hydroxylation is 1. The fraction of sp³-hybridized carbons (Fsp3) is 0.500. The van der Waals surface area contributed by atoms with Crippen LogP contribution < -0.4 is 20.4 Å². The third-order valence-electron chi connectivity index (χ3n) is 13.7. The van der Waals surface area contributed by atoms with Crippen molar-refractivity contribution in [2.75, 3.05) is 100 Å². The minimum atomic E-state index is -0.534. The van der Waals surface area contributed by atoms with E-state index in [1.165, 1.54) is 4.90 Å². The average Bonchev–Trinajstić information content (AvgIpc) is 3.32. The first-order valence-electron chi connectivity index (χ1n) is 23.0. The Morgan fingerprint density at radius 3 is 2.29 bits per heavy atom. The van der Waals surface area contributed by atoms with Gasteiger partial charge in [-0.25, -0.2) is 9.78 Å². The van der Waals surface area contributed by atoms with E-state index in [1.807, 2.05) is 35.1 Å². The normalized spacial score (nSPS) is 18.4. The molecule has 0 aliphatic carbocycles. The highest BCUT2D eigenvalue weighted by Crippen LogP contribution is 2.32. The third kappa shape index (κ3) is 10.5. The first kappa shape index (κ1) is 45.7. The Morgan fingerprint density at radius 2 is 1.58 bits per heavy atom. The molecule has 0 radical (unpaired) electrons. The molecule has 0 unspecified atom stereocenters. The highest BCUT2D eigenvalue weighted by atomic mass is 35.5. The smallest absolute Gasteiger partial charge is 0.328 e. The molecule has 4 fully saturated rings. The van der Waals surface area contributed by atoms with Crippen LogP contribution in [0.15, 0.2) is 48.7 Å². The SMILES string of the molecule is Cc1c(CC#N)cccc1[C@@H](C)Nc1nnc(C)c2cnc(N3CCN(C(=O)C4CCN(CCCCN5CCN(C(=O)c6ccc(Cl)c(N7CCC(=O)NC7=O)c6)CC5)CC4)CC3)cc12. The van der Waals surface area contributed by atoms with Gasteiger partial charge in [0.1, 0.15) is 5.82 Å². The Kier molecular flexibility index (Phi) is 14.4. The molecule has 17 heteroatoms. The predicted molar refractivity (Wildman–Crippen MR) is 251 cm³/mol. The van der Waals surface area contributed by atoms with Gasteiger partial charge in [0.05, 0.1) is 34.9 Å². The summed E-state index contributed by atoms with van der Waals surface area (Å²) in [4.78, 5) is 68.5. The number of nitrogens with one attached hydrogen (secondary N) is 2. The number of nitriles is 1. The molecule has 4 saturated heterocycles. The van der Waals surface area contributed by atoms with Gasteiger partial charge in [-0.05, 0) is 114 Å². The first-order chi connectivity index (χ1) is 31.5. The Bertz CT molecular complexity index is 2450. The molecule has 4 aliphatic heterocycles. The number of hydrogen-bond donors (Lipinski definition) is 2. The van der Waals surface area contributed by atoms with Gasteiger partial charge in [0.25, 0.3) is 5.91 Å². The fourth-order valence-electron chi connectivity index (χ4n) is 9.66. The summed E-state index contributed by atoms with van der Waals surface area (Å²) in [5.74, 6) is 1.47. The topological polar surface area (TPSA) is 174 Å². The van der Waals surface area contributed by atoms with E-state index in [2.05, 4.69) is 67.6 Å². The van der Waals surface area contributed by atoms with Gasteiger partial charge in [0.2, 0.25) is 11.8 Å². The van der Waals surface area contributed by atoms with Crippen LogP contribution in [-0.4, -0.2) is 144 Å². The molecule has 2 N–H and O–H groups in total. The first-order valence-corrected chi connectivity index (χ1v) is 23.4. The van der Waals surface area contributed by atoms with Crippen LogP contribution in [0.5, 0.6) is 0 Å². The lowest BCUT2D eigenvalue weighted by atomic mass is 9.94. The maximum Gasteiger partial charge on any atom is 0.328 e. The van der Waals surface area contributed by atoms with Gasteiger partial charge in [0.15, 0.2) is 5.82 Å². The van der Waals surface area contributed by atoms with Crippen LogP contribution >= 0.6 is 11.6 Å². The van der Waals surface area contributed by atoms with Gasteiger partial charge < -0.3 is 24.9 Å². The number of urea groups is 1. The van der Waals surface area contributed by atoms with Crippen molar-refractivity contribution in [1.29, 1.82) is 5.26 Å². The Morgan fingerprint density at radius 1 is 0.877 bits per heavy atom. The zero-order chi connectivity index (χ0) is 45.6. The number of pyridine rings is 1. The number of piperazine rings is 2.